The molecular weight excluding hydrogens is 266 g/mol. The van der Waals surface area contributed by atoms with E-state index < -0.39 is 0 Å². The normalized spacial score (nSPS) is 12.6. The van der Waals surface area contributed by atoms with Crippen LogP contribution in [0.4, 0.5) is 0 Å². The smallest absolute Gasteiger partial charge is 0.161 e. The van der Waals surface area contributed by atoms with Gasteiger partial charge in [0.25, 0.3) is 0 Å². The van der Waals surface area contributed by atoms with Crippen LogP contribution in [-0.4, -0.2) is 33.2 Å². The summed E-state index contributed by atoms with van der Waals surface area (Å²) in [6.45, 7) is 5.22. The van der Waals surface area contributed by atoms with Crippen molar-refractivity contribution in [2.45, 2.75) is 32.7 Å². The lowest BCUT2D eigenvalue weighted by Gasteiger charge is -2.20. The SMILES string of the molecule is CCCNC(c1cn(C)nc1CC)c1c(OC)cnn1C. The number of hydrogen-bond acceptors (Lipinski definition) is 4. The van der Waals surface area contributed by atoms with Crippen molar-refractivity contribution >= 4 is 0 Å². The molecule has 1 N–H and O–H groups in total. The summed E-state index contributed by atoms with van der Waals surface area (Å²) in [5.41, 5.74) is 3.33. The highest BCUT2D eigenvalue weighted by Crippen LogP contribution is 2.31. The van der Waals surface area contributed by atoms with Crippen LogP contribution in [0.3, 0.4) is 0 Å². The van der Waals surface area contributed by atoms with E-state index in [0.717, 1.165) is 36.5 Å². The van der Waals surface area contributed by atoms with E-state index in [1.165, 1.54) is 5.56 Å². The zero-order valence-corrected chi connectivity index (χ0v) is 13.6. The van der Waals surface area contributed by atoms with E-state index in [0.29, 0.717) is 0 Å². The molecule has 0 amide bonds. The molecule has 0 radical (unpaired) electrons. The fourth-order valence-corrected chi connectivity index (χ4v) is 2.62. The molecule has 1 unspecified atom stereocenters. The van der Waals surface area contributed by atoms with E-state index in [4.69, 9.17) is 4.74 Å². The summed E-state index contributed by atoms with van der Waals surface area (Å²) in [4.78, 5) is 0. The minimum atomic E-state index is 0.0380. The quantitative estimate of drug-likeness (QED) is 0.845. The van der Waals surface area contributed by atoms with E-state index in [-0.39, 0.29) is 6.04 Å². The maximum absolute atomic E-state index is 5.48. The van der Waals surface area contributed by atoms with E-state index >= 15 is 0 Å². The molecular formula is C15H25N5O. The second-order valence-corrected chi connectivity index (χ2v) is 5.17. The van der Waals surface area contributed by atoms with Crippen molar-refractivity contribution in [3.63, 3.8) is 0 Å². The molecule has 0 aromatic carbocycles. The zero-order chi connectivity index (χ0) is 15.4. The van der Waals surface area contributed by atoms with E-state index in [1.54, 1.807) is 13.3 Å². The van der Waals surface area contributed by atoms with Crippen LogP contribution in [0, 0.1) is 0 Å². The van der Waals surface area contributed by atoms with Crippen molar-refractivity contribution < 1.29 is 4.74 Å². The van der Waals surface area contributed by atoms with Crippen LogP contribution in [0.25, 0.3) is 0 Å². The second kappa shape index (κ2) is 6.76. The van der Waals surface area contributed by atoms with Crippen LogP contribution in [0.2, 0.25) is 0 Å². The summed E-state index contributed by atoms with van der Waals surface area (Å²) in [5, 5.41) is 12.5. The van der Waals surface area contributed by atoms with Gasteiger partial charge in [0.05, 0.1) is 25.0 Å². The molecule has 2 rings (SSSR count). The summed E-state index contributed by atoms with van der Waals surface area (Å²) in [5.74, 6) is 0.803. The predicted octanol–water partition coefficient (Wildman–Crippen LogP) is 1.81. The van der Waals surface area contributed by atoms with Crippen LogP contribution in [0.15, 0.2) is 12.4 Å². The Morgan fingerprint density at radius 3 is 2.71 bits per heavy atom. The maximum atomic E-state index is 5.48. The average Bonchev–Trinajstić information content (AvgIpc) is 3.03. The van der Waals surface area contributed by atoms with Crippen LogP contribution >= 0.6 is 0 Å². The summed E-state index contributed by atoms with van der Waals surface area (Å²) < 4.78 is 9.22. The third-order valence-corrected chi connectivity index (χ3v) is 3.62. The highest BCUT2D eigenvalue weighted by molar-refractivity contribution is 5.37. The van der Waals surface area contributed by atoms with Gasteiger partial charge in [-0.3, -0.25) is 9.36 Å². The molecule has 2 heterocycles. The summed E-state index contributed by atoms with van der Waals surface area (Å²) in [6, 6.07) is 0.0380. The minimum Gasteiger partial charge on any atom is -0.493 e. The molecule has 0 aliphatic carbocycles. The topological polar surface area (TPSA) is 56.9 Å². The van der Waals surface area contributed by atoms with E-state index in [2.05, 4.69) is 35.6 Å². The van der Waals surface area contributed by atoms with Gasteiger partial charge in [-0.05, 0) is 19.4 Å². The van der Waals surface area contributed by atoms with Crippen molar-refractivity contribution in [2.24, 2.45) is 14.1 Å². The van der Waals surface area contributed by atoms with Crippen LogP contribution in [0.5, 0.6) is 5.75 Å². The molecule has 0 spiro atoms. The molecule has 116 valence electrons. The molecule has 0 saturated heterocycles. The van der Waals surface area contributed by atoms with Gasteiger partial charge in [0.1, 0.15) is 5.69 Å². The van der Waals surface area contributed by atoms with Crippen molar-refractivity contribution in [1.29, 1.82) is 0 Å². The van der Waals surface area contributed by atoms with Gasteiger partial charge in [-0.15, -0.1) is 0 Å². The Bertz CT molecular complexity index is 587. The van der Waals surface area contributed by atoms with Gasteiger partial charge >= 0.3 is 0 Å². The Hall–Kier alpha value is -1.82. The Balaban J connectivity index is 2.49. The molecule has 2 aromatic heterocycles. The Labute approximate surface area is 126 Å². The van der Waals surface area contributed by atoms with Crippen LogP contribution in [-0.2, 0) is 20.5 Å². The largest absolute Gasteiger partial charge is 0.493 e. The molecule has 2 aromatic rings. The van der Waals surface area contributed by atoms with Gasteiger partial charge in [0.15, 0.2) is 5.75 Å². The molecule has 0 saturated carbocycles. The Kier molecular flexibility index (Phi) is 5.01. The first-order chi connectivity index (χ1) is 10.1. The number of nitrogens with one attached hydrogen (secondary N) is 1. The van der Waals surface area contributed by atoms with Gasteiger partial charge in [-0.25, -0.2) is 0 Å². The highest BCUT2D eigenvalue weighted by Gasteiger charge is 2.25. The zero-order valence-electron chi connectivity index (χ0n) is 13.6. The number of methoxy groups -OCH3 is 1. The third-order valence-electron chi connectivity index (χ3n) is 3.62. The summed E-state index contributed by atoms with van der Waals surface area (Å²) >= 11 is 0. The number of hydrogen-bond donors (Lipinski definition) is 1. The lowest BCUT2D eigenvalue weighted by molar-refractivity contribution is 0.400. The molecule has 0 bridgehead atoms. The molecule has 6 nitrogen and oxygen atoms in total. The third kappa shape index (κ3) is 3.10. The minimum absolute atomic E-state index is 0.0380. The lowest BCUT2D eigenvalue weighted by Crippen LogP contribution is -2.26. The Morgan fingerprint density at radius 2 is 2.10 bits per heavy atom. The number of rotatable bonds is 7. The van der Waals surface area contributed by atoms with Gasteiger partial charge in [0.2, 0.25) is 0 Å². The number of aryl methyl sites for hydroxylation is 3. The van der Waals surface area contributed by atoms with Crippen LogP contribution < -0.4 is 10.1 Å². The van der Waals surface area contributed by atoms with Gasteiger partial charge in [0, 0.05) is 25.9 Å². The number of nitrogens with zero attached hydrogens (tertiary/aromatic N) is 4. The monoisotopic (exact) mass is 291 g/mol. The standard InChI is InChI=1S/C15H25N5O/c1-6-8-16-14(11-10-19(3)18-12(11)7-2)15-13(21-5)9-17-20(15)4/h9-10,14,16H,6-8H2,1-5H3. The maximum Gasteiger partial charge on any atom is 0.161 e. The molecule has 0 aliphatic rings. The molecule has 6 heteroatoms. The van der Waals surface area contributed by atoms with E-state index in [9.17, 15) is 0 Å². The van der Waals surface area contributed by atoms with E-state index in [1.807, 2.05) is 23.5 Å². The van der Waals surface area contributed by atoms with Crippen molar-refractivity contribution in [3.8, 4) is 5.75 Å². The molecule has 1 atom stereocenters. The fraction of sp³-hybridized carbons (Fsp3) is 0.600. The van der Waals surface area contributed by atoms with Gasteiger partial charge in [-0.1, -0.05) is 13.8 Å². The first-order valence-electron chi connectivity index (χ1n) is 7.44. The Morgan fingerprint density at radius 1 is 1.33 bits per heavy atom. The summed E-state index contributed by atoms with van der Waals surface area (Å²) in [6.07, 6.45) is 5.82. The summed E-state index contributed by atoms with van der Waals surface area (Å²) in [7, 11) is 5.59. The average molecular weight is 291 g/mol. The highest BCUT2D eigenvalue weighted by atomic mass is 16.5. The van der Waals surface area contributed by atoms with Crippen molar-refractivity contribution in [2.75, 3.05) is 13.7 Å². The van der Waals surface area contributed by atoms with Gasteiger partial charge in [-0.2, -0.15) is 10.2 Å². The number of aromatic nitrogens is 4. The lowest BCUT2D eigenvalue weighted by atomic mass is 10.0. The molecule has 0 fully saturated rings. The number of ether oxygens (including phenoxy) is 1. The van der Waals surface area contributed by atoms with Crippen molar-refractivity contribution in [1.82, 2.24) is 24.9 Å². The van der Waals surface area contributed by atoms with Crippen LogP contribution in [0.1, 0.15) is 43.3 Å². The fourth-order valence-electron chi connectivity index (χ4n) is 2.62. The van der Waals surface area contributed by atoms with Gasteiger partial charge < -0.3 is 10.1 Å². The first-order valence-corrected chi connectivity index (χ1v) is 7.44. The van der Waals surface area contributed by atoms with Crippen molar-refractivity contribution in [3.05, 3.63) is 29.3 Å². The predicted molar refractivity (Wildman–Crippen MR) is 82.5 cm³/mol. The second-order valence-electron chi connectivity index (χ2n) is 5.17. The molecule has 21 heavy (non-hydrogen) atoms. The first kappa shape index (κ1) is 15.6. The molecule has 0 aliphatic heterocycles.